The number of fused-ring (bicyclic) bond motifs is 1. The third-order valence-electron chi connectivity index (χ3n) is 5.03. The maximum atomic E-state index is 13.1. The van der Waals surface area contributed by atoms with Crippen LogP contribution in [0.2, 0.25) is 0 Å². The van der Waals surface area contributed by atoms with Gasteiger partial charge in [0, 0.05) is 23.4 Å². The first-order valence-corrected chi connectivity index (χ1v) is 9.18. The maximum absolute atomic E-state index is 13.1. The number of rotatable bonds is 3. The second-order valence-corrected chi connectivity index (χ2v) is 8.17. The van der Waals surface area contributed by atoms with Gasteiger partial charge in [-0.05, 0) is 43.9 Å². The van der Waals surface area contributed by atoms with Gasteiger partial charge in [0.15, 0.2) is 0 Å². The van der Waals surface area contributed by atoms with E-state index in [1.54, 1.807) is 0 Å². The first-order valence-electron chi connectivity index (χ1n) is 7.90. The molecule has 2 aliphatic rings. The van der Waals surface area contributed by atoms with Crippen molar-refractivity contribution in [2.75, 3.05) is 13.7 Å². The molecule has 116 valence electrons. The highest BCUT2D eigenvalue weighted by Crippen LogP contribution is 2.41. The van der Waals surface area contributed by atoms with Crippen LogP contribution in [-0.4, -0.2) is 34.5 Å². The Morgan fingerprint density at radius 2 is 1.90 bits per heavy atom. The molecule has 21 heavy (non-hydrogen) atoms. The fraction of sp³-hybridized carbons (Fsp3) is 0.647. The Balaban J connectivity index is 1.91. The molecule has 1 heterocycles. The van der Waals surface area contributed by atoms with E-state index >= 15 is 0 Å². The lowest BCUT2D eigenvalue weighted by Gasteiger charge is -2.37. The second kappa shape index (κ2) is 6.19. The van der Waals surface area contributed by atoms with Crippen molar-refractivity contribution in [2.24, 2.45) is 0 Å². The van der Waals surface area contributed by atoms with Gasteiger partial charge in [0.25, 0.3) is 0 Å². The molecule has 0 saturated carbocycles. The van der Waals surface area contributed by atoms with Crippen LogP contribution in [0.3, 0.4) is 0 Å². The van der Waals surface area contributed by atoms with Crippen LogP contribution in [0.1, 0.15) is 49.8 Å². The number of nitrogens with one attached hydrogen (secondary N) is 1. The van der Waals surface area contributed by atoms with Crippen molar-refractivity contribution in [3.8, 4) is 0 Å². The van der Waals surface area contributed by atoms with Gasteiger partial charge in [0.05, 0.1) is 16.6 Å². The summed E-state index contributed by atoms with van der Waals surface area (Å²) < 4.78 is 18.8. The Labute approximate surface area is 129 Å². The van der Waals surface area contributed by atoms with Crippen molar-refractivity contribution in [1.82, 2.24) is 5.32 Å². The van der Waals surface area contributed by atoms with Crippen LogP contribution < -0.4 is 5.32 Å². The van der Waals surface area contributed by atoms with E-state index < -0.39 is 10.8 Å². The second-order valence-electron chi connectivity index (χ2n) is 6.30. The molecule has 0 amide bonds. The number of hydrogen-bond acceptors (Lipinski definition) is 3. The van der Waals surface area contributed by atoms with E-state index in [1.807, 2.05) is 7.05 Å². The summed E-state index contributed by atoms with van der Waals surface area (Å²) in [4.78, 5) is 0. The Bertz CT molecular complexity index is 533. The summed E-state index contributed by atoms with van der Waals surface area (Å²) in [6, 6.07) is 8.77. The number of ether oxygens (including phenoxy) is 1. The molecule has 1 aliphatic heterocycles. The smallest absolute Gasteiger partial charge is 0.0691 e. The number of hydrogen-bond donors (Lipinski definition) is 1. The summed E-state index contributed by atoms with van der Waals surface area (Å²) in [5.74, 6) is 0.470. The fourth-order valence-electron chi connectivity index (χ4n) is 3.87. The minimum absolute atomic E-state index is 0.121. The zero-order valence-electron chi connectivity index (χ0n) is 13.0. The zero-order chi connectivity index (χ0) is 15.0. The lowest BCUT2D eigenvalue weighted by atomic mass is 9.81. The van der Waals surface area contributed by atoms with E-state index in [1.165, 1.54) is 11.1 Å². The number of benzene rings is 1. The topological polar surface area (TPSA) is 38.3 Å². The molecular formula is C17H25NO2S. The molecule has 3 rings (SSSR count). The van der Waals surface area contributed by atoms with Crippen LogP contribution in [0, 0.1) is 0 Å². The SMILES string of the molecule is CNC1c2ccccc2C(C)CC1S(=O)C1CCOC1C. The molecule has 1 saturated heterocycles. The van der Waals surface area contributed by atoms with E-state index in [0.29, 0.717) is 5.92 Å². The quantitative estimate of drug-likeness (QED) is 0.933. The van der Waals surface area contributed by atoms with Crippen LogP contribution in [0.25, 0.3) is 0 Å². The Hall–Kier alpha value is -0.710. The van der Waals surface area contributed by atoms with Gasteiger partial charge in [0.2, 0.25) is 0 Å². The first kappa shape index (κ1) is 15.2. The van der Waals surface area contributed by atoms with Gasteiger partial charge in [-0.3, -0.25) is 4.21 Å². The van der Waals surface area contributed by atoms with E-state index in [9.17, 15) is 4.21 Å². The van der Waals surface area contributed by atoms with Gasteiger partial charge in [-0.1, -0.05) is 31.2 Å². The Morgan fingerprint density at radius 3 is 2.52 bits per heavy atom. The molecule has 0 spiro atoms. The third-order valence-corrected chi connectivity index (χ3v) is 7.31. The summed E-state index contributed by atoms with van der Waals surface area (Å²) in [6.45, 7) is 5.06. The summed E-state index contributed by atoms with van der Waals surface area (Å²) in [6.07, 6.45) is 2.03. The molecule has 6 atom stereocenters. The summed E-state index contributed by atoms with van der Waals surface area (Å²) in [5.41, 5.74) is 2.73. The normalized spacial score (nSPS) is 37.2. The minimum Gasteiger partial charge on any atom is -0.377 e. The van der Waals surface area contributed by atoms with Crippen molar-refractivity contribution >= 4 is 10.8 Å². The Kier molecular flexibility index (Phi) is 4.48. The summed E-state index contributed by atoms with van der Waals surface area (Å²) >= 11 is 0. The highest BCUT2D eigenvalue weighted by atomic mass is 32.2. The lowest BCUT2D eigenvalue weighted by molar-refractivity contribution is 0.126. The van der Waals surface area contributed by atoms with Crippen molar-refractivity contribution in [1.29, 1.82) is 0 Å². The predicted molar refractivity (Wildman–Crippen MR) is 87.0 cm³/mol. The van der Waals surface area contributed by atoms with E-state index in [0.717, 1.165) is 19.4 Å². The van der Waals surface area contributed by atoms with Crippen molar-refractivity contribution in [3.05, 3.63) is 35.4 Å². The average Bonchev–Trinajstić information content (AvgIpc) is 2.92. The van der Waals surface area contributed by atoms with E-state index in [-0.39, 0.29) is 22.6 Å². The van der Waals surface area contributed by atoms with E-state index in [4.69, 9.17) is 4.74 Å². The first-order chi connectivity index (χ1) is 10.1. The van der Waals surface area contributed by atoms with Gasteiger partial charge < -0.3 is 10.1 Å². The summed E-state index contributed by atoms with van der Waals surface area (Å²) in [7, 11) is 1.13. The standard InChI is InChI=1S/C17H25NO2S/c1-11-10-16(21(19)15-8-9-20-12(15)2)17(18-3)14-7-5-4-6-13(11)14/h4-7,11-12,15-18H,8-10H2,1-3H3. The highest BCUT2D eigenvalue weighted by molar-refractivity contribution is 7.86. The van der Waals surface area contributed by atoms with Gasteiger partial charge in [-0.15, -0.1) is 0 Å². The zero-order valence-corrected chi connectivity index (χ0v) is 13.9. The highest BCUT2D eigenvalue weighted by Gasteiger charge is 2.41. The summed E-state index contributed by atoms with van der Waals surface area (Å²) in [5, 5.41) is 3.77. The molecule has 0 radical (unpaired) electrons. The van der Waals surface area contributed by atoms with Crippen LogP contribution in [-0.2, 0) is 15.5 Å². The monoisotopic (exact) mass is 307 g/mol. The van der Waals surface area contributed by atoms with Crippen LogP contribution in [0.15, 0.2) is 24.3 Å². The van der Waals surface area contributed by atoms with Crippen LogP contribution >= 0.6 is 0 Å². The average molecular weight is 307 g/mol. The fourth-order valence-corrected chi connectivity index (χ4v) is 6.13. The predicted octanol–water partition coefficient (Wildman–Crippen LogP) is 2.75. The molecule has 0 bridgehead atoms. The van der Waals surface area contributed by atoms with Crippen LogP contribution in [0.5, 0.6) is 0 Å². The van der Waals surface area contributed by atoms with Crippen LogP contribution in [0.4, 0.5) is 0 Å². The molecule has 0 aromatic heterocycles. The van der Waals surface area contributed by atoms with Crippen molar-refractivity contribution in [2.45, 2.75) is 55.3 Å². The van der Waals surface area contributed by atoms with Gasteiger partial charge in [0.1, 0.15) is 0 Å². The Morgan fingerprint density at radius 1 is 1.19 bits per heavy atom. The van der Waals surface area contributed by atoms with Gasteiger partial charge >= 0.3 is 0 Å². The molecule has 1 N–H and O–H groups in total. The molecule has 1 aromatic carbocycles. The van der Waals surface area contributed by atoms with Crippen molar-refractivity contribution in [3.63, 3.8) is 0 Å². The molecule has 1 aliphatic carbocycles. The third kappa shape index (κ3) is 2.69. The molecule has 3 nitrogen and oxygen atoms in total. The largest absolute Gasteiger partial charge is 0.377 e. The van der Waals surface area contributed by atoms with Gasteiger partial charge in [-0.2, -0.15) is 0 Å². The van der Waals surface area contributed by atoms with Gasteiger partial charge in [-0.25, -0.2) is 0 Å². The molecule has 1 fully saturated rings. The maximum Gasteiger partial charge on any atom is 0.0691 e. The van der Waals surface area contributed by atoms with E-state index in [2.05, 4.69) is 43.4 Å². The van der Waals surface area contributed by atoms with Crippen molar-refractivity contribution < 1.29 is 8.95 Å². The molecular weight excluding hydrogens is 282 g/mol. The lowest BCUT2D eigenvalue weighted by Crippen LogP contribution is -2.42. The molecule has 6 unspecified atom stereocenters. The molecule has 1 aromatic rings. The minimum atomic E-state index is -0.857. The molecule has 4 heteroatoms.